The number of thiocarbonyl (C=S) groups is 1. The smallest absolute Gasteiger partial charge is 0.229 e. The van der Waals surface area contributed by atoms with Crippen molar-refractivity contribution < 1.29 is 9.47 Å². The average Bonchev–Trinajstić information content (AvgIpc) is 2.93. The highest BCUT2D eigenvalue weighted by molar-refractivity contribution is 7.80. The molecular formula is C29H35N7O2S. The van der Waals surface area contributed by atoms with Gasteiger partial charge >= 0.3 is 0 Å². The van der Waals surface area contributed by atoms with E-state index in [9.17, 15) is 0 Å². The number of anilines is 2. The highest BCUT2D eigenvalue weighted by Gasteiger charge is 2.21. The Morgan fingerprint density at radius 1 is 0.949 bits per heavy atom. The SMILES string of the molecule is COc1ccc(OC)c(NC(=S)/N=C(/Nc2nc(C)cc(C)n2)N2CCN(C/C=C/c3ccccc3)CC2)c1. The lowest BCUT2D eigenvalue weighted by Crippen LogP contribution is -2.51. The summed E-state index contributed by atoms with van der Waals surface area (Å²) >= 11 is 5.64. The third kappa shape index (κ3) is 8.23. The number of aromatic nitrogens is 2. The number of guanidine groups is 1. The number of hydrogen-bond donors (Lipinski definition) is 2. The van der Waals surface area contributed by atoms with Gasteiger partial charge in [0.05, 0.1) is 19.9 Å². The van der Waals surface area contributed by atoms with Gasteiger partial charge in [-0.05, 0) is 49.8 Å². The van der Waals surface area contributed by atoms with Gasteiger partial charge < -0.3 is 19.7 Å². The molecule has 1 aliphatic rings. The Balaban J connectivity index is 1.48. The number of benzene rings is 2. The second-order valence-electron chi connectivity index (χ2n) is 9.13. The van der Waals surface area contributed by atoms with Gasteiger partial charge in [-0.15, -0.1) is 0 Å². The van der Waals surface area contributed by atoms with Crippen molar-refractivity contribution in [3.8, 4) is 11.5 Å². The summed E-state index contributed by atoms with van der Waals surface area (Å²) in [7, 11) is 3.23. The molecule has 1 aliphatic heterocycles. The molecule has 10 heteroatoms. The van der Waals surface area contributed by atoms with Gasteiger partial charge in [-0.3, -0.25) is 10.2 Å². The number of piperazine rings is 1. The molecule has 204 valence electrons. The van der Waals surface area contributed by atoms with E-state index in [0.29, 0.717) is 29.1 Å². The summed E-state index contributed by atoms with van der Waals surface area (Å²) in [5.41, 5.74) is 3.63. The fourth-order valence-electron chi connectivity index (χ4n) is 4.25. The van der Waals surface area contributed by atoms with E-state index >= 15 is 0 Å². The zero-order chi connectivity index (χ0) is 27.6. The molecule has 39 heavy (non-hydrogen) atoms. The number of aryl methyl sites for hydroxylation is 2. The molecule has 0 spiro atoms. The molecule has 2 aromatic carbocycles. The molecule has 1 aromatic heterocycles. The molecule has 4 rings (SSSR count). The number of nitrogens with zero attached hydrogens (tertiary/aromatic N) is 5. The van der Waals surface area contributed by atoms with Crippen LogP contribution in [0.5, 0.6) is 11.5 Å². The van der Waals surface area contributed by atoms with Gasteiger partial charge in [0.15, 0.2) is 0 Å². The zero-order valence-electron chi connectivity index (χ0n) is 22.8. The molecule has 1 saturated heterocycles. The lowest BCUT2D eigenvalue weighted by Gasteiger charge is -2.35. The van der Waals surface area contributed by atoms with Gasteiger partial charge in [-0.1, -0.05) is 42.5 Å². The van der Waals surface area contributed by atoms with E-state index in [1.807, 2.05) is 44.2 Å². The normalized spacial score (nSPS) is 14.4. The fraction of sp³-hybridized carbons (Fsp3) is 0.310. The van der Waals surface area contributed by atoms with Crippen LogP contribution in [0.3, 0.4) is 0 Å². The van der Waals surface area contributed by atoms with E-state index in [0.717, 1.165) is 44.1 Å². The van der Waals surface area contributed by atoms with Gasteiger partial charge in [-0.2, -0.15) is 4.99 Å². The number of ether oxygens (including phenoxy) is 2. The van der Waals surface area contributed by atoms with Gasteiger partial charge in [0.25, 0.3) is 0 Å². The number of methoxy groups -OCH3 is 2. The maximum atomic E-state index is 5.64. The molecule has 0 atom stereocenters. The zero-order valence-corrected chi connectivity index (χ0v) is 23.7. The minimum atomic E-state index is 0.279. The molecule has 9 nitrogen and oxygen atoms in total. The maximum Gasteiger partial charge on any atom is 0.229 e. The summed E-state index contributed by atoms with van der Waals surface area (Å²) in [6.07, 6.45) is 4.37. The summed E-state index contributed by atoms with van der Waals surface area (Å²) < 4.78 is 10.8. The van der Waals surface area contributed by atoms with Crippen LogP contribution in [-0.2, 0) is 0 Å². The van der Waals surface area contributed by atoms with E-state index in [-0.39, 0.29) is 5.11 Å². The molecule has 0 saturated carbocycles. The van der Waals surface area contributed by atoms with E-state index in [2.05, 4.69) is 66.8 Å². The fourth-order valence-corrected chi connectivity index (χ4v) is 4.45. The Labute approximate surface area is 235 Å². The summed E-state index contributed by atoms with van der Waals surface area (Å²) in [5.74, 6) is 2.40. The highest BCUT2D eigenvalue weighted by atomic mass is 32.1. The standard InChI is InChI=1S/C29H35N7O2S/c1-21-19-22(2)31-27(30-21)33-28(34-29(39)32-25-20-24(37-3)12-13-26(25)38-4)36-17-15-35(16-18-36)14-8-11-23-9-6-5-7-10-23/h5-13,19-20H,14-18H2,1-4H3,(H2,30,31,32,33,34,39)/b11-8+. The van der Waals surface area contributed by atoms with E-state index in [1.54, 1.807) is 14.2 Å². The van der Waals surface area contributed by atoms with Gasteiger partial charge in [0.2, 0.25) is 17.0 Å². The van der Waals surface area contributed by atoms with Crippen LogP contribution in [0.4, 0.5) is 11.6 Å². The van der Waals surface area contributed by atoms with Crippen molar-refractivity contribution in [3.63, 3.8) is 0 Å². The van der Waals surface area contributed by atoms with Crippen LogP contribution in [-0.4, -0.2) is 77.8 Å². The summed E-state index contributed by atoms with van der Waals surface area (Å²) in [5, 5.41) is 6.77. The van der Waals surface area contributed by atoms with Crippen molar-refractivity contribution in [2.45, 2.75) is 13.8 Å². The average molecular weight is 546 g/mol. The van der Waals surface area contributed by atoms with Crippen molar-refractivity contribution >= 4 is 41.0 Å². The van der Waals surface area contributed by atoms with Crippen molar-refractivity contribution in [1.82, 2.24) is 19.8 Å². The molecule has 2 N–H and O–H groups in total. The van der Waals surface area contributed by atoms with Crippen molar-refractivity contribution in [1.29, 1.82) is 0 Å². The van der Waals surface area contributed by atoms with Gasteiger partial charge in [-0.25, -0.2) is 9.97 Å². The second-order valence-corrected chi connectivity index (χ2v) is 9.52. The first kappa shape index (κ1) is 28.0. The predicted molar refractivity (Wildman–Crippen MR) is 162 cm³/mol. The van der Waals surface area contributed by atoms with E-state index in [4.69, 9.17) is 26.7 Å². The predicted octanol–water partition coefficient (Wildman–Crippen LogP) is 4.61. The number of nitrogens with one attached hydrogen (secondary N) is 2. The highest BCUT2D eigenvalue weighted by Crippen LogP contribution is 2.29. The van der Waals surface area contributed by atoms with Crippen LogP contribution in [0.1, 0.15) is 17.0 Å². The molecule has 0 aliphatic carbocycles. The Morgan fingerprint density at radius 2 is 1.67 bits per heavy atom. The molecule has 3 aromatic rings. The number of aliphatic imine (C=N–C) groups is 1. The summed E-state index contributed by atoms with van der Waals surface area (Å²) in [6, 6.07) is 17.8. The minimum absolute atomic E-state index is 0.279. The molecule has 2 heterocycles. The third-order valence-electron chi connectivity index (χ3n) is 6.21. The Kier molecular flexibility index (Phi) is 9.82. The van der Waals surface area contributed by atoms with E-state index in [1.165, 1.54) is 5.56 Å². The monoisotopic (exact) mass is 545 g/mol. The molecule has 0 amide bonds. The molecule has 0 radical (unpaired) electrons. The third-order valence-corrected chi connectivity index (χ3v) is 6.40. The first-order valence-electron chi connectivity index (χ1n) is 12.8. The van der Waals surface area contributed by atoms with Crippen LogP contribution < -0.4 is 20.1 Å². The molecular weight excluding hydrogens is 510 g/mol. The van der Waals surface area contributed by atoms with Crippen molar-refractivity contribution in [2.75, 3.05) is 57.6 Å². The topological polar surface area (TPSA) is 87.1 Å². The Bertz CT molecular complexity index is 1300. The van der Waals surface area contributed by atoms with Crippen LogP contribution in [0, 0.1) is 13.8 Å². The van der Waals surface area contributed by atoms with Crippen LogP contribution in [0.2, 0.25) is 0 Å². The Morgan fingerprint density at radius 3 is 2.33 bits per heavy atom. The Hall–Kier alpha value is -4.02. The van der Waals surface area contributed by atoms with Crippen LogP contribution in [0.25, 0.3) is 6.08 Å². The number of hydrogen-bond acceptors (Lipinski definition) is 6. The van der Waals surface area contributed by atoms with E-state index < -0.39 is 0 Å². The first-order chi connectivity index (χ1) is 18.9. The first-order valence-corrected chi connectivity index (χ1v) is 13.2. The van der Waals surface area contributed by atoms with Crippen molar-refractivity contribution in [2.24, 2.45) is 4.99 Å². The summed E-state index contributed by atoms with van der Waals surface area (Å²) in [6.45, 7) is 8.11. The van der Waals surface area contributed by atoms with Crippen LogP contribution in [0.15, 0.2) is 65.7 Å². The summed E-state index contributed by atoms with van der Waals surface area (Å²) in [4.78, 5) is 18.4. The minimum Gasteiger partial charge on any atom is -0.497 e. The van der Waals surface area contributed by atoms with Gasteiger partial charge in [0, 0.05) is 50.2 Å². The second kappa shape index (κ2) is 13.7. The molecule has 0 unspecified atom stereocenters. The maximum absolute atomic E-state index is 5.64. The number of rotatable bonds is 7. The van der Waals surface area contributed by atoms with Crippen LogP contribution >= 0.6 is 12.2 Å². The molecule has 1 fully saturated rings. The molecule has 0 bridgehead atoms. The largest absolute Gasteiger partial charge is 0.497 e. The van der Waals surface area contributed by atoms with Crippen molar-refractivity contribution in [3.05, 3.63) is 77.6 Å². The lowest BCUT2D eigenvalue weighted by atomic mass is 10.2. The van der Waals surface area contributed by atoms with Gasteiger partial charge in [0.1, 0.15) is 11.5 Å². The quantitative estimate of drug-likeness (QED) is 0.251. The lowest BCUT2D eigenvalue weighted by molar-refractivity contribution is 0.198.